The van der Waals surface area contributed by atoms with Gasteiger partial charge < -0.3 is 14.9 Å². The fourth-order valence-electron chi connectivity index (χ4n) is 4.98. The molecule has 3 aliphatic heterocycles. The van der Waals surface area contributed by atoms with Crippen LogP contribution in [0.1, 0.15) is 51.5 Å². The maximum absolute atomic E-state index is 12.6. The fraction of sp³-hybridized carbons (Fsp3) is 0.478. The molecule has 3 aliphatic rings. The summed E-state index contributed by atoms with van der Waals surface area (Å²) in [6.07, 6.45) is 7.17. The molecule has 0 bridgehead atoms. The van der Waals surface area contributed by atoms with Gasteiger partial charge in [-0.1, -0.05) is 26.0 Å². The molecule has 0 saturated carbocycles. The summed E-state index contributed by atoms with van der Waals surface area (Å²) in [4.78, 5) is 27.7. The van der Waals surface area contributed by atoms with Gasteiger partial charge in [0.05, 0.1) is 6.04 Å². The zero-order chi connectivity index (χ0) is 19.9. The Morgan fingerprint density at radius 1 is 1.28 bits per heavy atom. The maximum Gasteiger partial charge on any atom is 1.00 e. The summed E-state index contributed by atoms with van der Waals surface area (Å²) < 4.78 is 0. The summed E-state index contributed by atoms with van der Waals surface area (Å²) >= 11 is 0. The fourth-order valence-corrected chi connectivity index (χ4v) is 4.98. The average Bonchev–Trinajstić information content (AvgIpc) is 2.91. The first-order valence-electron chi connectivity index (χ1n) is 10.1. The van der Waals surface area contributed by atoms with Crippen molar-refractivity contribution in [1.82, 2.24) is 4.90 Å². The number of rotatable bonds is 6. The number of carbonyl (C=O) groups is 2. The Hall–Kier alpha value is -1.56. The molecule has 0 saturated heterocycles. The third kappa shape index (κ3) is 3.92. The smallest absolute Gasteiger partial charge is 0.481 e. The SMILES string of the molecule is CC1(C)C2=C3C=CC(=O)N(CCCCCC(=O)O)C3CCN2c2cc[c-]cc21.[Na+]. The second-order valence-electron chi connectivity index (χ2n) is 8.40. The third-order valence-corrected chi connectivity index (χ3v) is 6.28. The first-order valence-corrected chi connectivity index (χ1v) is 10.1. The number of fused-ring (bicyclic) bond motifs is 4. The Bertz CT molecular complexity index is 875. The number of unbranched alkanes of at least 4 members (excludes halogenated alkanes) is 2. The summed E-state index contributed by atoms with van der Waals surface area (Å²) in [5, 5.41) is 8.78. The summed E-state index contributed by atoms with van der Waals surface area (Å²) in [7, 11) is 0. The minimum atomic E-state index is -0.753. The van der Waals surface area contributed by atoms with E-state index in [1.54, 1.807) is 6.08 Å². The van der Waals surface area contributed by atoms with E-state index < -0.39 is 5.97 Å². The minimum Gasteiger partial charge on any atom is -0.481 e. The van der Waals surface area contributed by atoms with Crippen LogP contribution >= 0.6 is 0 Å². The van der Waals surface area contributed by atoms with E-state index in [0.717, 1.165) is 25.8 Å². The van der Waals surface area contributed by atoms with E-state index >= 15 is 0 Å². The predicted molar refractivity (Wildman–Crippen MR) is 108 cm³/mol. The second kappa shape index (κ2) is 8.66. The normalized spacial score (nSPS) is 21.4. The van der Waals surface area contributed by atoms with Gasteiger partial charge in [-0.15, -0.1) is 11.6 Å². The molecule has 0 aromatic heterocycles. The van der Waals surface area contributed by atoms with Crippen molar-refractivity contribution < 1.29 is 44.3 Å². The van der Waals surface area contributed by atoms with Gasteiger partial charge in [-0.05, 0) is 36.3 Å². The Morgan fingerprint density at radius 3 is 2.83 bits per heavy atom. The quantitative estimate of drug-likeness (QED) is 0.432. The topological polar surface area (TPSA) is 60.9 Å². The first kappa shape index (κ1) is 22.1. The molecule has 1 aromatic rings. The largest absolute Gasteiger partial charge is 1.00 e. The van der Waals surface area contributed by atoms with Gasteiger partial charge in [0.15, 0.2) is 0 Å². The van der Waals surface area contributed by atoms with E-state index in [4.69, 9.17) is 5.11 Å². The number of carboxylic acids is 1. The van der Waals surface area contributed by atoms with Gasteiger partial charge in [-0.2, -0.15) is 18.2 Å². The molecule has 1 atom stereocenters. The summed E-state index contributed by atoms with van der Waals surface area (Å²) in [6, 6.07) is 9.54. The van der Waals surface area contributed by atoms with E-state index in [1.165, 1.54) is 22.5 Å². The van der Waals surface area contributed by atoms with Crippen molar-refractivity contribution in [2.75, 3.05) is 18.0 Å². The van der Waals surface area contributed by atoms with Crippen molar-refractivity contribution >= 4 is 17.6 Å². The summed E-state index contributed by atoms with van der Waals surface area (Å²) in [5.41, 5.74) is 4.99. The van der Waals surface area contributed by atoms with Crippen molar-refractivity contribution in [2.24, 2.45) is 0 Å². The molecule has 29 heavy (non-hydrogen) atoms. The molecule has 0 radical (unpaired) electrons. The number of carboxylic acid groups (broad SMARTS) is 1. The second-order valence-corrected chi connectivity index (χ2v) is 8.40. The van der Waals surface area contributed by atoms with Crippen LogP contribution in [-0.4, -0.2) is 41.0 Å². The predicted octanol–water partition coefficient (Wildman–Crippen LogP) is 0.658. The molecule has 5 nitrogen and oxygen atoms in total. The number of nitrogens with zero attached hydrogens (tertiary/aromatic N) is 2. The number of amides is 1. The Morgan fingerprint density at radius 2 is 2.07 bits per heavy atom. The molecule has 148 valence electrons. The van der Waals surface area contributed by atoms with Crippen LogP contribution in [0.3, 0.4) is 0 Å². The van der Waals surface area contributed by atoms with Gasteiger partial charge >= 0.3 is 35.5 Å². The Labute approximate surface area is 194 Å². The molecular formula is C23H27N2NaO3. The van der Waals surface area contributed by atoms with Crippen LogP contribution < -0.4 is 34.5 Å². The number of hydrogen-bond acceptors (Lipinski definition) is 3. The van der Waals surface area contributed by atoms with Crippen molar-refractivity contribution in [1.29, 1.82) is 0 Å². The minimum absolute atomic E-state index is 0. The molecule has 4 rings (SSSR count). The van der Waals surface area contributed by atoms with Crippen LogP contribution in [0.15, 0.2) is 41.6 Å². The van der Waals surface area contributed by atoms with E-state index in [1.807, 2.05) is 17.0 Å². The molecule has 0 fully saturated rings. The molecular weight excluding hydrogens is 375 g/mol. The van der Waals surface area contributed by atoms with Crippen molar-refractivity contribution in [2.45, 2.75) is 57.4 Å². The molecule has 1 aromatic carbocycles. The van der Waals surface area contributed by atoms with Gasteiger partial charge in [0, 0.05) is 31.3 Å². The molecule has 0 spiro atoms. The van der Waals surface area contributed by atoms with Crippen LogP contribution in [0.5, 0.6) is 0 Å². The van der Waals surface area contributed by atoms with Crippen molar-refractivity contribution in [3.8, 4) is 0 Å². The number of carbonyl (C=O) groups excluding carboxylic acids is 1. The van der Waals surface area contributed by atoms with Crippen LogP contribution in [0.2, 0.25) is 0 Å². The monoisotopic (exact) mass is 402 g/mol. The Kier molecular flexibility index (Phi) is 6.61. The van der Waals surface area contributed by atoms with Gasteiger partial charge in [-0.3, -0.25) is 9.59 Å². The number of hydrogen-bond donors (Lipinski definition) is 1. The van der Waals surface area contributed by atoms with Crippen LogP contribution in [0.4, 0.5) is 5.69 Å². The van der Waals surface area contributed by atoms with Gasteiger partial charge in [0.2, 0.25) is 5.91 Å². The number of benzene rings is 1. The summed E-state index contributed by atoms with van der Waals surface area (Å²) in [5.74, 6) is -0.681. The first-order chi connectivity index (χ1) is 13.4. The molecule has 1 unspecified atom stereocenters. The van der Waals surface area contributed by atoms with Crippen LogP contribution in [0, 0.1) is 6.07 Å². The van der Waals surface area contributed by atoms with Crippen molar-refractivity contribution in [3.63, 3.8) is 0 Å². The van der Waals surface area contributed by atoms with E-state index in [2.05, 4.69) is 36.9 Å². The Balaban J connectivity index is 0.00000240. The zero-order valence-electron chi connectivity index (χ0n) is 17.6. The number of aliphatic carboxylic acids is 1. The third-order valence-electron chi connectivity index (χ3n) is 6.28. The van der Waals surface area contributed by atoms with E-state index in [0.29, 0.717) is 13.0 Å². The molecule has 3 heterocycles. The number of anilines is 1. The molecule has 0 aliphatic carbocycles. The van der Waals surface area contributed by atoms with Gasteiger partial charge in [-0.25, -0.2) is 0 Å². The maximum atomic E-state index is 12.6. The molecule has 1 N–H and O–H groups in total. The van der Waals surface area contributed by atoms with Crippen molar-refractivity contribution in [3.05, 3.63) is 53.3 Å². The van der Waals surface area contributed by atoms with Gasteiger partial charge in [0.1, 0.15) is 0 Å². The van der Waals surface area contributed by atoms with E-state index in [-0.39, 0.29) is 53.3 Å². The van der Waals surface area contributed by atoms with Gasteiger partial charge in [0.25, 0.3) is 0 Å². The van der Waals surface area contributed by atoms with E-state index in [9.17, 15) is 9.59 Å². The van der Waals surface area contributed by atoms with Crippen LogP contribution in [-0.2, 0) is 15.0 Å². The average molecular weight is 402 g/mol. The number of allylic oxidation sites excluding steroid dienone is 1. The molecule has 6 heteroatoms. The summed E-state index contributed by atoms with van der Waals surface area (Å²) in [6.45, 7) is 6.10. The standard InChI is InChI=1S/C23H27N2O3.Na/c1-23(2)17-8-5-6-9-19(17)25-15-13-18-16(22(23)25)11-12-20(26)24(18)14-7-3-4-10-21(27)28;/h6,8-9,11-12,18H,3-4,7,10,13-15H2,1-2H3,(H,27,28);/q-1;+1. The van der Waals surface area contributed by atoms with Crippen LogP contribution in [0.25, 0.3) is 0 Å². The zero-order valence-corrected chi connectivity index (χ0v) is 19.6. The molecule has 1 amide bonds.